The van der Waals surface area contributed by atoms with Crippen LogP contribution in [-0.2, 0) is 19.4 Å². The third kappa shape index (κ3) is 3.27. The van der Waals surface area contributed by atoms with E-state index in [0.29, 0.717) is 16.5 Å². The molecule has 0 aliphatic heterocycles. The molecule has 0 atom stereocenters. The molecule has 0 bridgehead atoms. The molecule has 0 spiro atoms. The third-order valence-electron chi connectivity index (χ3n) is 4.64. The summed E-state index contributed by atoms with van der Waals surface area (Å²) >= 11 is 7.53. The largest absolute Gasteiger partial charge is 0.348 e. The van der Waals surface area contributed by atoms with Gasteiger partial charge in [-0.2, -0.15) is 0 Å². The normalized spacial score (nSPS) is 14.0. The first-order valence-corrected chi connectivity index (χ1v) is 9.88. The molecule has 1 amide bonds. The zero-order chi connectivity index (χ0) is 18.1. The van der Waals surface area contributed by atoms with Crippen molar-refractivity contribution in [2.75, 3.05) is 0 Å². The number of thiazole rings is 1. The van der Waals surface area contributed by atoms with Gasteiger partial charge in [-0.3, -0.25) is 14.0 Å². The number of hydrogen-bond acceptors (Lipinski definition) is 4. The molecule has 26 heavy (non-hydrogen) atoms. The van der Waals surface area contributed by atoms with Crippen LogP contribution in [0.3, 0.4) is 0 Å². The lowest BCUT2D eigenvalue weighted by molar-refractivity contribution is 0.0949. The molecule has 1 aliphatic rings. The summed E-state index contributed by atoms with van der Waals surface area (Å²) in [6.07, 6.45) is 6.62. The van der Waals surface area contributed by atoms with Gasteiger partial charge < -0.3 is 5.32 Å². The number of nitrogens with one attached hydrogen (secondary N) is 1. The summed E-state index contributed by atoms with van der Waals surface area (Å²) in [6.45, 7) is 0.309. The van der Waals surface area contributed by atoms with E-state index >= 15 is 0 Å². The molecule has 0 radical (unpaired) electrons. The summed E-state index contributed by atoms with van der Waals surface area (Å²) in [5.74, 6) is -0.412. The molecule has 7 heteroatoms. The van der Waals surface area contributed by atoms with Crippen molar-refractivity contribution in [2.45, 2.75) is 38.6 Å². The van der Waals surface area contributed by atoms with Crippen LogP contribution in [0.25, 0.3) is 4.96 Å². The monoisotopic (exact) mass is 387 g/mol. The van der Waals surface area contributed by atoms with Crippen LogP contribution < -0.4 is 10.9 Å². The maximum atomic E-state index is 12.9. The molecule has 0 saturated heterocycles. The van der Waals surface area contributed by atoms with E-state index in [4.69, 9.17) is 11.6 Å². The second-order valence-electron chi connectivity index (χ2n) is 6.44. The Balaban J connectivity index is 1.64. The van der Waals surface area contributed by atoms with Gasteiger partial charge in [0, 0.05) is 28.3 Å². The fourth-order valence-electron chi connectivity index (χ4n) is 3.33. The summed E-state index contributed by atoms with van der Waals surface area (Å²) in [6, 6.07) is 7.26. The van der Waals surface area contributed by atoms with E-state index < -0.39 is 5.91 Å². The average Bonchev–Trinajstić information content (AvgIpc) is 2.83. The van der Waals surface area contributed by atoms with Crippen LogP contribution in [0.4, 0.5) is 0 Å². The molecular formula is C19H18ClN3O2S. The minimum absolute atomic E-state index is 0.0781. The lowest BCUT2D eigenvalue weighted by Gasteiger charge is -2.06. The lowest BCUT2D eigenvalue weighted by Crippen LogP contribution is -2.31. The highest BCUT2D eigenvalue weighted by Crippen LogP contribution is 2.27. The summed E-state index contributed by atoms with van der Waals surface area (Å²) in [7, 11) is 0. The van der Waals surface area contributed by atoms with Crippen molar-refractivity contribution >= 4 is 33.8 Å². The van der Waals surface area contributed by atoms with Crippen LogP contribution >= 0.6 is 22.9 Å². The molecule has 4 rings (SSSR count). The van der Waals surface area contributed by atoms with Crippen molar-refractivity contribution in [2.24, 2.45) is 0 Å². The van der Waals surface area contributed by atoms with E-state index in [9.17, 15) is 9.59 Å². The standard InChI is InChI=1S/C19H18ClN3O2S/c20-13-6-4-5-12(9-13)10-21-17(24)14-11-22-19-23(18(14)25)15-7-2-1-3-8-16(15)26-19/h4-6,9,11H,1-3,7-8,10H2,(H,21,24). The van der Waals surface area contributed by atoms with E-state index in [-0.39, 0.29) is 11.1 Å². The molecule has 3 aromatic rings. The van der Waals surface area contributed by atoms with Crippen LogP contribution in [0.1, 0.15) is 45.8 Å². The van der Waals surface area contributed by atoms with Gasteiger partial charge in [-0.25, -0.2) is 4.98 Å². The van der Waals surface area contributed by atoms with Gasteiger partial charge in [0.15, 0.2) is 4.96 Å². The van der Waals surface area contributed by atoms with Crippen molar-refractivity contribution in [3.8, 4) is 0 Å². The number of amides is 1. The summed E-state index contributed by atoms with van der Waals surface area (Å²) in [5.41, 5.74) is 1.71. The van der Waals surface area contributed by atoms with E-state index in [1.165, 1.54) is 17.5 Å². The quantitative estimate of drug-likeness (QED) is 0.698. The number of aryl methyl sites for hydroxylation is 2. The number of carbonyl (C=O) groups excluding carboxylic acids is 1. The van der Waals surface area contributed by atoms with Gasteiger partial charge in [-0.1, -0.05) is 30.2 Å². The van der Waals surface area contributed by atoms with Gasteiger partial charge in [0.2, 0.25) is 0 Å². The molecule has 134 valence electrons. The zero-order valence-corrected chi connectivity index (χ0v) is 15.7. The van der Waals surface area contributed by atoms with Crippen LogP contribution in [0.2, 0.25) is 5.02 Å². The van der Waals surface area contributed by atoms with E-state index in [0.717, 1.165) is 36.9 Å². The van der Waals surface area contributed by atoms with Gasteiger partial charge in [0.25, 0.3) is 11.5 Å². The predicted molar refractivity (Wildman–Crippen MR) is 103 cm³/mol. The Morgan fingerprint density at radius 1 is 1.27 bits per heavy atom. The number of benzene rings is 1. The first-order valence-electron chi connectivity index (χ1n) is 8.68. The number of carbonyl (C=O) groups is 1. The fourth-order valence-corrected chi connectivity index (χ4v) is 4.71. The Bertz CT molecular complexity index is 1040. The average molecular weight is 388 g/mol. The highest BCUT2D eigenvalue weighted by Gasteiger charge is 2.20. The van der Waals surface area contributed by atoms with Gasteiger partial charge in [-0.15, -0.1) is 11.3 Å². The second-order valence-corrected chi connectivity index (χ2v) is 7.94. The Hall–Kier alpha value is -2.18. The lowest BCUT2D eigenvalue weighted by atomic mass is 10.2. The summed E-state index contributed by atoms with van der Waals surface area (Å²) in [4.78, 5) is 31.7. The highest BCUT2D eigenvalue weighted by atomic mass is 35.5. The van der Waals surface area contributed by atoms with E-state index in [1.54, 1.807) is 27.9 Å². The first kappa shape index (κ1) is 17.2. The number of nitrogens with zero attached hydrogens (tertiary/aromatic N) is 2. The summed E-state index contributed by atoms with van der Waals surface area (Å²) in [5, 5.41) is 3.40. The van der Waals surface area contributed by atoms with Gasteiger partial charge in [0.05, 0.1) is 0 Å². The predicted octanol–water partition coefficient (Wildman–Crippen LogP) is 3.61. The van der Waals surface area contributed by atoms with E-state index in [2.05, 4.69) is 10.3 Å². The van der Waals surface area contributed by atoms with Crippen molar-refractivity contribution in [3.63, 3.8) is 0 Å². The van der Waals surface area contributed by atoms with Crippen LogP contribution in [0.5, 0.6) is 0 Å². The minimum Gasteiger partial charge on any atom is -0.348 e. The number of fused-ring (bicyclic) bond motifs is 3. The van der Waals surface area contributed by atoms with Crippen molar-refractivity contribution in [3.05, 3.63) is 67.5 Å². The molecule has 1 aromatic carbocycles. The molecule has 2 heterocycles. The molecule has 5 nitrogen and oxygen atoms in total. The Morgan fingerprint density at radius 3 is 2.96 bits per heavy atom. The van der Waals surface area contributed by atoms with Crippen LogP contribution in [-0.4, -0.2) is 15.3 Å². The van der Waals surface area contributed by atoms with Crippen molar-refractivity contribution < 1.29 is 4.79 Å². The molecule has 1 N–H and O–H groups in total. The maximum Gasteiger partial charge on any atom is 0.271 e. The second kappa shape index (κ2) is 7.21. The SMILES string of the molecule is O=C(NCc1cccc(Cl)c1)c1cnc2sc3c(n2c1=O)CCCCC3. The molecule has 1 aliphatic carbocycles. The Morgan fingerprint density at radius 2 is 2.12 bits per heavy atom. The van der Waals surface area contributed by atoms with Gasteiger partial charge >= 0.3 is 0 Å². The molecular weight excluding hydrogens is 370 g/mol. The number of aromatic nitrogens is 2. The maximum absolute atomic E-state index is 12.9. The van der Waals surface area contributed by atoms with Crippen molar-refractivity contribution in [1.82, 2.24) is 14.7 Å². The van der Waals surface area contributed by atoms with Crippen molar-refractivity contribution in [1.29, 1.82) is 0 Å². The van der Waals surface area contributed by atoms with Crippen LogP contribution in [0.15, 0.2) is 35.3 Å². The third-order valence-corrected chi connectivity index (χ3v) is 6.03. The molecule has 0 unspecified atom stereocenters. The van der Waals surface area contributed by atoms with Crippen LogP contribution in [0, 0.1) is 0 Å². The first-order chi connectivity index (χ1) is 12.6. The molecule has 2 aromatic heterocycles. The highest BCUT2D eigenvalue weighted by molar-refractivity contribution is 7.17. The topological polar surface area (TPSA) is 63.5 Å². The minimum atomic E-state index is -0.412. The molecule has 0 saturated carbocycles. The van der Waals surface area contributed by atoms with Gasteiger partial charge in [0.1, 0.15) is 5.56 Å². The summed E-state index contributed by atoms with van der Waals surface area (Å²) < 4.78 is 1.64. The number of rotatable bonds is 3. The van der Waals surface area contributed by atoms with E-state index in [1.807, 2.05) is 12.1 Å². The number of hydrogen-bond donors (Lipinski definition) is 1. The smallest absolute Gasteiger partial charge is 0.271 e. The Labute approximate surface area is 159 Å². The fraction of sp³-hybridized carbons (Fsp3) is 0.316. The van der Waals surface area contributed by atoms with Gasteiger partial charge in [-0.05, 0) is 43.4 Å². The zero-order valence-electron chi connectivity index (χ0n) is 14.1. The molecule has 0 fully saturated rings. The number of halogens is 1. The Kier molecular flexibility index (Phi) is 4.78.